The lowest BCUT2D eigenvalue weighted by Crippen LogP contribution is -2.39. The van der Waals surface area contributed by atoms with Crippen LogP contribution in [0.2, 0.25) is 0 Å². The van der Waals surface area contributed by atoms with E-state index in [1.165, 1.54) is 17.9 Å². The first-order valence-electron chi connectivity index (χ1n) is 5.24. The van der Waals surface area contributed by atoms with Crippen LogP contribution in [0.5, 0.6) is 0 Å². The number of hydrogen-bond donors (Lipinski definition) is 1. The Kier molecular flexibility index (Phi) is 5.14. The van der Waals surface area contributed by atoms with E-state index in [1.807, 2.05) is 18.7 Å². The molecule has 0 aromatic rings. The minimum absolute atomic E-state index is 0.134. The average Bonchev–Trinajstić information content (AvgIpc) is 2.32. The number of hydrogen-bond acceptors (Lipinski definition) is 3. The Bertz CT molecular complexity index is 143. The Morgan fingerprint density at radius 2 is 2.31 bits per heavy atom. The molecule has 13 heavy (non-hydrogen) atoms. The molecule has 78 valence electrons. The summed E-state index contributed by atoms with van der Waals surface area (Å²) in [7, 11) is 0. The highest BCUT2D eigenvalue weighted by Gasteiger charge is 2.18. The number of aliphatic hydroxyl groups is 1. The SMILES string of the molecule is CCC(O)CN1CCSCCC1C. The molecular formula is C10H21NOS. The minimum Gasteiger partial charge on any atom is -0.392 e. The van der Waals surface area contributed by atoms with Crippen molar-refractivity contribution in [3.05, 3.63) is 0 Å². The Balaban J connectivity index is 2.35. The largest absolute Gasteiger partial charge is 0.392 e. The second-order valence-electron chi connectivity index (χ2n) is 3.81. The number of aliphatic hydroxyl groups excluding tert-OH is 1. The van der Waals surface area contributed by atoms with Gasteiger partial charge in [0.2, 0.25) is 0 Å². The van der Waals surface area contributed by atoms with Gasteiger partial charge in [0.15, 0.2) is 0 Å². The third kappa shape index (κ3) is 3.88. The van der Waals surface area contributed by atoms with Crippen LogP contribution in [0.1, 0.15) is 26.7 Å². The van der Waals surface area contributed by atoms with Gasteiger partial charge in [0.05, 0.1) is 6.10 Å². The summed E-state index contributed by atoms with van der Waals surface area (Å²) in [6.07, 6.45) is 2.00. The van der Waals surface area contributed by atoms with E-state index < -0.39 is 0 Å². The van der Waals surface area contributed by atoms with Crippen LogP contribution in [0.25, 0.3) is 0 Å². The lowest BCUT2D eigenvalue weighted by molar-refractivity contribution is 0.0928. The number of thioether (sulfide) groups is 1. The predicted molar refractivity (Wildman–Crippen MR) is 59.3 cm³/mol. The fourth-order valence-corrected chi connectivity index (χ4v) is 2.69. The van der Waals surface area contributed by atoms with Gasteiger partial charge in [0, 0.05) is 24.9 Å². The summed E-state index contributed by atoms with van der Waals surface area (Å²) >= 11 is 2.03. The lowest BCUT2D eigenvalue weighted by atomic mass is 10.2. The quantitative estimate of drug-likeness (QED) is 0.753. The molecule has 3 heteroatoms. The zero-order valence-electron chi connectivity index (χ0n) is 8.70. The van der Waals surface area contributed by atoms with Crippen molar-refractivity contribution in [2.45, 2.75) is 38.8 Å². The van der Waals surface area contributed by atoms with E-state index in [0.29, 0.717) is 6.04 Å². The van der Waals surface area contributed by atoms with Crippen molar-refractivity contribution in [2.24, 2.45) is 0 Å². The summed E-state index contributed by atoms with van der Waals surface area (Å²) in [4.78, 5) is 2.42. The van der Waals surface area contributed by atoms with Gasteiger partial charge in [0.25, 0.3) is 0 Å². The molecule has 2 atom stereocenters. The van der Waals surface area contributed by atoms with E-state index in [2.05, 4.69) is 11.8 Å². The Morgan fingerprint density at radius 1 is 1.54 bits per heavy atom. The van der Waals surface area contributed by atoms with Crippen LogP contribution >= 0.6 is 11.8 Å². The van der Waals surface area contributed by atoms with E-state index >= 15 is 0 Å². The highest BCUT2D eigenvalue weighted by atomic mass is 32.2. The maximum atomic E-state index is 9.57. The fraction of sp³-hybridized carbons (Fsp3) is 1.00. The molecule has 0 radical (unpaired) electrons. The van der Waals surface area contributed by atoms with Crippen LogP contribution in [0.4, 0.5) is 0 Å². The highest BCUT2D eigenvalue weighted by molar-refractivity contribution is 7.99. The van der Waals surface area contributed by atoms with Crippen molar-refractivity contribution in [3.8, 4) is 0 Å². The summed E-state index contributed by atoms with van der Waals surface area (Å²) in [6.45, 7) is 6.32. The second-order valence-corrected chi connectivity index (χ2v) is 5.03. The lowest BCUT2D eigenvalue weighted by Gasteiger charge is -2.28. The molecule has 1 heterocycles. The molecule has 0 saturated carbocycles. The summed E-state index contributed by atoms with van der Waals surface area (Å²) < 4.78 is 0. The van der Waals surface area contributed by atoms with Crippen molar-refractivity contribution in [1.82, 2.24) is 4.90 Å². The molecule has 0 aromatic heterocycles. The fourth-order valence-electron chi connectivity index (χ4n) is 1.61. The van der Waals surface area contributed by atoms with Crippen LogP contribution in [0.3, 0.4) is 0 Å². The first kappa shape index (κ1) is 11.3. The van der Waals surface area contributed by atoms with Crippen LogP contribution < -0.4 is 0 Å². The zero-order valence-corrected chi connectivity index (χ0v) is 9.52. The molecular weight excluding hydrogens is 182 g/mol. The van der Waals surface area contributed by atoms with E-state index in [4.69, 9.17) is 0 Å². The van der Waals surface area contributed by atoms with Gasteiger partial charge >= 0.3 is 0 Å². The number of rotatable bonds is 3. The Hall–Kier alpha value is 0.270. The van der Waals surface area contributed by atoms with Crippen molar-refractivity contribution in [3.63, 3.8) is 0 Å². The molecule has 2 unspecified atom stereocenters. The van der Waals surface area contributed by atoms with E-state index in [-0.39, 0.29) is 6.10 Å². The van der Waals surface area contributed by atoms with E-state index in [0.717, 1.165) is 19.5 Å². The third-order valence-electron chi connectivity index (χ3n) is 2.74. The molecule has 0 aliphatic carbocycles. The molecule has 1 aliphatic rings. The normalized spacial score (nSPS) is 28.4. The second kappa shape index (κ2) is 5.89. The maximum Gasteiger partial charge on any atom is 0.0664 e. The molecule has 1 N–H and O–H groups in total. The van der Waals surface area contributed by atoms with Crippen LogP contribution in [0, 0.1) is 0 Å². The monoisotopic (exact) mass is 203 g/mol. The summed E-state index contributed by atoms with van der Waals surface area (Å²) in [5.41, 5.74) is 0. The van der Waals surface area contributed by atoms with Crippen LogP contribution in [-0.4, -0.2) is 46.7 Å². The molecule has 0 aromatic carbocycles. The van der Waals surface area contributed by atoms with Crippen LogP contribution in [-0.2, 0) is 0 Å². The highest BCUT2D eigenvalue weighted by Crippen LogP contribution is 2.16. The van der Waals surface area contributed by atoms with Gasteiger partial charge in [-0.3, -0.25) is 4.90 Å². The van der Waals surface area contributed by atoms with Gasteiger partial charge in [-0.2, -0.15) is 11.8 Å². The third-order valence-corrected chi connectivity index (χ3v) is 3.74. The molecule has 1 aliphatic heterocycles. The molecule has 0 amide bonds. The molecule has 1 saturated heterocycles. The molecule has 0 bridgehead atoms. The van der Waals surface area contributed by atoms with Gasteiger partial charge in [-0.05, 0) is 25.5 Å². The van der Waals surface area contributed by atoms with Crippen molar-refractivity contribution in [1.29, 1.82) is 0 Å². The first-order valence-corrected chi connectivity index (χ1v) is 6.39. The zero-order chi connectivity index (χ0) is 9.68. The summed E-state index contributed by atoms with van der Waals surface area (Å²) in [5.74, 6) is 2.50. The Labute approximate surface area is 85.7 Å². The molecule has 2 nitrogen and oxygen atoms in total. The average molecular weight is 203 g/mol. The maximum absolute atomic E-state index is 9.57. The van der Waals surface area contributed by atoms with E-state index in [1.54, 1.807) is 0 Å². The van der Waals surface area contributed by atoms with E-state index in [9.17, 15) is 5.11 Å². The summed E-state index contributed by atoms with van der Waals surface area (Å²) in [5, 5.41) is 9.57. The minimum atomic E-state index is -0.134. The molecule has 1 rings (SSSR count). The smallest absolute Gasteiger partial charge is 0.0664 e. The van der Waals surface area contributed by atoms with Crippen molar-refractivity contribution < 1.29 is 5.11 Å². The number of β-amino-alcohol motifs (C(OH)–C–C–N with tert-alkyl or cyclic N) is 1. The van der Waals surface area contributed by atoms with Gasteiger partial charge < -0.3 is 5.11 Å². The van der Waals surface area contributed by atoms with Gasteiger partial charge in [-0.25, -0.2) is 0 Å². The predicted octanol–water partition coefficient (Wildman–Crippen LogP) is 1.58. The van der Waals surface area contributed by atoms with Crippen molar-refractivity contribution in [2.75, 3.05) is 24.6 Å². The van der Waals surface area contributed by atoms with Crippen molar-refractivity contribution >= 4 is 11.8 Å². The molecule has 1 fully saturated rings. The molecule has 0 spiro atoms. The van der Waals surface area contributed by atoms with Crippen LogP contribution in [0.15, 0.2) is 0 Å². The topological polar surface area (TPSA) is 23.5 Å². The van der Waals surface area contributed by atoms with Gasteiger partial charge in [-0.15, -0.1) is 0 Å². The standard InChI is InChI=1S/C10H21NOS/c1-3-10(12)8-11-5-7-13-6-4-9(11)2/h9-10,12H,3-8H2,1-2H3. The Morgan fingerprint density at radius 3 is 3.00 bits per heavy atom. The number of nitrogens with zero attached hydrogens (tertiary/aromatic N) is 1. The first-order chi connectivity index (χ1) is 6.24. The van der Waals surface area contributed by atoms with Gasteiger partial charge in [-0.1, -0.05) is 6.92 Å². The van der Waals surface area contributed by atoms with Gasteiger partial charge in [0.1, 0.15) is 0 Å². The summed E-state index contributed by atoms with van der Waals surface area (Å²) in [6, 6.07) is 0.649.